The average Bonchev–Trinajstić information content (AvgIpc) is 2.62. The second-order valence-corrected chi connectivity index (χ2v) is 5.72. The molecule has 0 aliphatic carbocycles. The fourth-order valence-corrected chi connectivity index (χ4v) is 2.36. The minimum Gasteiger partial charge on any atom is -0.329 e. The van der Waals surface area contributed by atoms with Gasteiger partial charge >= 0.3 is 0 Å². The summed E-state index contributed by atoms with van der Waals surface area (Å²) in [5, 5.41) is 0. The molecule has 1 aromatic rings. The van der Waals surface area contributed by atoms with E-state index in [4.69, 9.17) is 17.3 Å². The van der Waals surface area contributed by atoms with E-state index in [2.05, 4.69) is 0 Å². The lowest BCUT2D eigenvalue weighted by Crippen LogP contribution is -2.36. The molecule has 0 saturated carbocycles. The van der Waals surface area contributed by atoms with Crippen LogP contribution in [-0.4, -0.2) is 12.3 Å². The van der Waals surface area contributed by atoms with Gasteiger partial charge in [-0.3, -0.25) is 4.79 Å². The molecular weight excluding hydrogens is 230 g/mol. The van der Waals surface area contributed by atoms with Crippen molar-refractivity contribution in [3.63, 3.8) is 0 Å². The Hall–Kier alpha value is -0.380. The zero-order valence-electron chi connectivity index (χ0n) is 9.05. The van der Waals surface area contributed by atoms with E-state index in [-0.39, 0.29) is 5.78 Å². The second-order valence-electron chi connectivity index (χ2n) is 3.92. The molecule has 1 heterocycles. The van der Waals surface area contributed by atoms with Crippen molar-refractivity contribution in [1.82, 2.24) is 0 Å². The van der Waals surface area contributed by atoms with Crippen molar-refractivity contribution in [2.24, 2.45) is 11.1 Å². The molecule has 0 amide bonds. The summed E-state index contributed by atoms with van der Waals surface area (Å²) in [6, 6.07) is 3.72. The number of Topliss-reactive ketones (excluding diaryl/α,β-unsaturated/α-hetero) is 1. The van der Waals surface area contributed by atoms with E-state index < -0.39 is 5.41 Å². The van der Waals surface area contributed by atoms with Crippen molar-refractivity contribution in [3.05, 3.63) is 21.3 Å². The molecule has 4 heteroatoms. The minimum atomic E-state index is -0.392. The molecule has 84 valence electrons. The Morgan fingerprint density at radius 3 is 2.67 bits per heavy atom. The summed E-state index contributed by atoms with van der Waals surface area (Å²) in [5.74, 6) is 0.200. The Bertz CT molecular complexity index is 344. The molecule has 0 aliphatic rings. The molecule has 0 fully saturated rings. The van der Waals surface area contributed by atoms with Crippen molar-refractivity contribution in [2.45, 2.75) is 26.7 Å². The summed E-state index contributed by atoms with van der Waals surface area (Å²) in [6.07, 6.45) is 1.22. The monoisotopic (exact) mass is 245 g/mol. The molecule has 1 rings (SSSR count). The van der Waals surface area contributed by atoms with Gasteiger partial charge in [0.2, 0.25) is 0 Å². The molecule has 2 nitrogen and oxygen atoms in total. The molecule has 1 aromatic heterocycles. The lowest BCUT2D eigenvalue weighted by Gasteiger charge is -2.24. The van der Waals surface area contributed by atoms with Gasteiger partial charge in [-0.25, -0.2) is 0 Å². The van der Waals surface area contributed by atoms with E-state index >= 15 is 0 Å². The van der Waals surface area contributed by atoms with Crippen LogP contribution in [0.3, 0.4) is 0 Å². The summed E-state index contributed by atoms with van der Waals surface area (Å²) in [4.78, 5) is 13.0. The molecule has 0 saturated heterocycles. The first-order chi connectivity index (χ1) is 7.01. The third-order valence-corrected chi connectivity index (χ3v) is 4.10. The molecule has 0 aromatic carbocycles. The van der Waals surface area contributed by atoms with E-state index in [1.165, 1.54) is 11.3 Å². The molecule has 0 spiro atoms. The van der Waals surface area contributed by atoms with Gasteiger partial charge in [-0.05, 0) is 18.6 Å². The van der Waals surface area contributed by atoms with Gasteiger partial charge in [0.05, 0.1) is 4.34 Å². The first-order valence-electron chi connectivity index (χ1n) is 4.99. The number of nitrogens with two attached hydrogens (primary N) is 1. The smallest absolute Gasteiger partial charge is 0.145 e. The zero-order valence-corrected chi connectivity index (χ0v) is 10.6. The number of thiophene rings is 1. The van der Waals surface area contributed by atoms with Crippen LogP contribution in [-0.2, 0) is 11.2 Å². The topological polar surface area (TPSA) is 43.1 Å². The van der Waals surface area contributed by atoms with E-state index in [0.29, 0.717) is 13.0 Å². The number of hydrogen-bond donors (Lipinski definition) is 1. The van der Waals surface area contributed by atoms with Gasteiger partial charge in [0.15, 0.2) is 0 Å². The van der Waals surface area contributed by atoms with Crippen molar-refractivity contribution in [1.29, 1.82) is 0 Å². The SMILES string of the molecule is CCC(C)(CN)C(=O)Cc1ccc(Cl)s1. The summed E-state index contributed by atoms with van der Waals surface area (Å²) in [5.41, 5.74) is 5.24. The van der Waals surface area contributed by atoms with Crippen LogP contribution >= 0.6 is 22.9 Å². The van der Waals surface area contributed by atoms with Crippen LogP contribution in [0.4, 0.5) is 0 Å². The fourth-order valence-electron chi connectivity index (χ4n) is 1.27. The predicted octanol–water partition coefficient (Wildman–Crippen LogP) is 2.89. The van der Waals surface area contributed by atoms with Crippen LogP contribution in [0.1, 0.15) is 25.1 Å². The highest BCUT2D eigenvalue weighted by Crippen LogP contribution is 2.27. The number of rotatable bonds is 5. The molecule has 0 bridgehead atoms. The number of carbonyl (C=O) groups is 1. The van der Waals surface area contributed by atoms with E-state index in [1.807, 2.05) is 26.0 Å². The Morgan fingerprint density at radius 2 is 2.27 bits per heavy atom. The highest BCUT2D eigenvalue weighted by atomic mass is 35.5. The normalized spacial score (nSPS) is 14.9. The Balaban J connectivity index is 2.70. The fraction of sp³-hybridized carbons (Fsp3) is 0.545. The Kier molecular flexibility index (Phi) is 4.32. The largest absolute Gasteiger partial charge is 0.329 e. The van der Waals surface area contributed by atoms with Crippen LogP contribution < -0.4 is 5.73 Å². The molecule has 2 N–H and O–H groups in total. The maximum Gasteiger partial charge on any atom is 0.145 e. The predicted molar refractivity (Wildman–Crippen MR) is 65.5 cm³/mol. The van der Waals surface area contributed by atoms with Gasteiger partial charge in [-0.15, -0.1) is 11.3 Å². The van der Waals surface area contributed by atoms with Gasteiger partial charge in [0, 0.05) is 23.3 Å². The van der Waals surface area contributed by atoms with Crippen LogP contribution in [0, 0.1) is 5.41 Å². The first kappa shape index (κ1) is 12.7. The van der Waals surface area contributed by atoms with Crippen LogP contribution in [0.2, 0.25) is 4.34 Å². The minimum absolute atomic E-state index is 0.200. The molecule has 0 radical (unpaired) electrons. The van der Waals surface area contributed by atoms with Gasteiger partial charge < -0.3 is 5.73 Å². The molecule has 1 atom stereocenters. The van der Waals surface area contributed by atoms with Gasteiger partial charge in [0.1, 0.15) is 5.78 Å². The van der Waals surface area contributed by atoms with Gasteiger partial charge in [0.25, 0.3) is 0 Å². The Morgan fingerprint density at radius 1 is 1.60 bits per heavy atom. The van der Waals surface area contributed by atoms with Crippen molar-refractivity contribution in [3.8, 4) is 0 Å². The summed E-state index contributed by atoms with van der Waals surface area (Å²) in [7, 11) is 0. The quantitative estimate of drug-likeness (QED) is 0.867. The molecular formula is C11H16ClNOS. The highest BCUT2D eigenvalue weighted by molar-refractivity contribution is 7.16. The van der Waals surface area contributed by atoms with E-state index in [0.717, 1.165) is 15.6 Å². The standard InChI is InChI=1S/C11H16ClNOS/c1-3-11(2,7-13)9(14)6-8-4-5-10(12)15-8/h4-5H,3,6-7,13H2,1-2H3. The zero-order chi connectivity index (χ0) is 11.5. The highest BCUT2D eigenvalue weighted by Gasteiger charge is 2.29. The van der Waals surface area contributed by atoms with Crippen LogP contribution in [0.25, 0.3) is 0 Å². The number of halogens is 1. The number of ketones is 1. The van der Waals surface area contributed by atoms with E-state index in [9.17, 15) is 4.79 Å². The number of hydrogen-bond acceptors (Lipinski definition) is 3. The number of carbonyl (C=O) groups excluding carboxylic acids is 1. The lowest BCUT2D eigenvalue weighted by molar-refractivity contribution is -0.126. The second kappa shape index (κ2) is 5.10. The summed E-state index contributed by atoms with van der Waals surface area (Å²) < 4.78 is 0.726. The first-order valence-corrected chi connectivity index (χ1v) is 6.19. The Labute approximate surface area is 99.4 Å². The van der Waals surface area contributed by atoms with Crippen LogP contribution in [0.5, 0.6) is 0 Å². The van der Waals surface area contributed by atoms with Crippen LogP contribution in [0.15, 0.2) is 12.1 Å². The maximum absolute atomic E-state index is 12.0. The molecule has 15 heavy (non-hydrogen) atoms. The average molecular weight is 246 g/mol. The van der Waals surface area contributed by atoms with E-state index in [1.54, 1.807) is 0 Å². The van der Waals surface area contributed by atoms with Crippen molar-refractivity contribution >= 4 is 28.7 Å². The van der Waals surface area contributed by atoms with Crippen molar-refractivity contribution in [2.75, 3.05) is 6.54 Å². The third-order valence-electron chi connectivity index (χ3n) is 2.87. The van der Waals surface area contributed by atoms with Crippen molar-refractivity contribution < 1.29 is 4.79 Å². The summed E-state index contributed by atoms with van der Waals surface area (Å²) in [6.45, 7) is 4.32. The lowest BCUT2D eigenvalue weighted by atomic mass is 9.81. The third kappa shape index (κ3) is 3.03. The molecule has 1 unspecified atom stereocenters. The van der Waals surface area contributed by atoms with Gasteiger partial charge in [-0.2, -0.15) is 0 Å². The summed E-state index contributed by atoms with van der Waals surface area (Å²) >= 11 is 7.27. The van der Waals surface area contributed by atoms with Gasteiger partial charge in [-0.1, -0.05) is 25.4 Å². The maximum atomic E-state index is 12.0. The molecule has 0 aliphatic heterocycles.